The number of fused-ring (bicyclic) bond motifs is 6. The lowest BCUT2D eigenvalue weighted by atomic mass is 9.92. The van der Waals surface area contributed by atoms with Crippen LogP contribution in [0.5, 0.6) is 0 Å². The molecule has 7 aromatic rings. The maximum atomic E-state index is 6.78. The molecule has 0 aliphatic carbocycles. The Morgan fingerprint density at radius 2 is 0.816 bits per heavy atom. The Morgan fingerprint density at radius 3 is 1.37 bits per heavy atom. The molecule has 0 saturated heterocycles. The number of anilines is 3. The highest BCUT2D eigenvalue weighted by molar-refractivity contribution is 6.31. The summed E-state index contributed by atoms with van der Waals surface area (Å²) in [5.74, 6) is 0. The first-order valence-electron chi connectivity index (χ1n) is 12.8. The number of hydrogen-bond acceptors (Lipinski definition) is 1. The molecule has 0 spiro atoms. The van der Waals surface area contributed by atoms with Crippen LogP contribution in [-0.4, -0.2) is 0 Å². The van der Waals surface area contributed by atoms with Gasteiger partial charge in [0.1, 0.15) is 0 Å². The normalized spacial score (nSPS) is 11.3. The molecule has 1 nitrogen and oxygen atoms in total. The average Bonchev–Trinajstić information content (AvgIpc) is 2.98. The van der Waals surface area contributed by atoms with Gasteiger partial charge in [0.15, 0.2) is 0 Å². The average molecular weight is 506 g/mol. The molecule has 0 fully saturated rings. The lowest BCUT2D eigenvalue weighted by Crippen LogP contribution is -2.09. The van der Waals surface area contributed by atoms with Crippen LogP contribution in [0.4, 0.5) is 17.1 Å². The maximum absolute atomic E-state index is 6.78. The Bertz CT molecular complexity index is 1850. The van der Waals surface area contributed by atoms with E-state index in [9.17, 15) is 0 Å². The molecular weight excluding hydrogens is 482 g/mol. The van der Waals surface area contributed by atoms with Crippen molar-refractivity contribution in [3.8, 4) is 11.1 Å². The van der Waals surface area contributed by atoms with Crippen LogP contribution in [0.3, 0.4) is 0 Å². The second-order valence-corrected chi connectivity index (χ2v) is 9.99. The smallest absolute Gasteiger partial charge is 0.0482 e. The number of hydrogen-bond donors (Lipinski definition) is 0. The molecule has 0 heterocycles. The molecule has 38 heavy (non-hydrogen) atoms. The lowest BCUT2D eigenvalue weighted by Gasteiger charge is -2.26. The van der Waals surface area contributed by atoms with Crippen molar-refractivity contribution in [3.63, 3.8) is 0 Å². The van der Waals surface area contributed by atoms with Crippen LogP contribution in [0.2, 0.25) is 5.02 Å². The van der Waals surface area contributed by atoms with Crippen LogP contribution in [0.25, 0.3) is 43.4 Å². The minimum Gasteiger partial charge on any atom is -0.310 e. The standard InChI is InChI=1S/C36H24ClN/c37-27-21-26(22-30(24-27)38(28-11-3-1-4-12-28)29-13-5-2-6-14-29)25-19-20-35-33-17-8-7-15-31(33)32-16-9-10-18-34(32)36(35)23-25/h1-24H. The van der Waals surface area contributed by atoms with Gasteiger partial charge in [0.25, 0.3) is 0 Å². The van der Waals surface area contributed by atoms with E-state index in [4.69, 9.17) is 11.6 Å². The first-order chi connectivity index (χ1) is 18.8. The van der Waals surface area contributed by atoms with E-state index < -0.39 is 0 Å². The summed E-state index contributed by atoms with van der Waals surface area (Å²) in [6.07, 6.45) is 0. The van der Waals surface area contributed by atoms with Gasteiger partial charge in [-0.2, -0.15) is 0 Å². The zero-order chi connectivity index (χ0) is 25.5. The lowest BCUT2D eigenvalue weighted by molar-refractivity contribution is 1.28. The molecular formula is C36H24ClN. The van der Waals surface area contributed by atoms with Crippen LogP contribution in [0, 0.1) is 0 Å². The predicted molar refractivity (Wildman–Crippen MR) is 164 cm³/mol. The van der Waals surface area contributed by atoms with E-state index >= 15 is 0 Å². The Kier molecular flexibility index (Phi) is 5.57. The van der Waals surface area contributed by atoms with Crippen molar-refractivity contribution in [2.45, 2.75) is 0 Å². The summed E-state index contributed by atoms with van der Waals surface area (Å²) >= 11 is 6.78. The fourth-order valence-corrected chi connectivity index (χ4v) is 5.79. The molecule has 0 aromatic heterocycles. The molecule has 2 heteroatoms. The second-order valence-electron chi connectivity index (χ2n) is 9.56. The molecule has 0 bridgehead atoms. The van der Waals surface area contributed by atoms with Crippen molar-refractivity contribution in [1.82, 2.24) is 0 Å². The monoisotopic (exact) mass is 505 g/mol. The molecule has 0 unspecified atom stereocenters. The van der Waals surface area contributed by atoms with Crippen molar-refractivity contribution < 1.29 is 0 Å². The third kappa shape index (κ3) is 3.89. The van der Waals surface area contributed by atoms with Crippen LogP contribution in [0.1, 0.15) is 0 Å². The summed E-state index contributed by atoms with van der Waals surface area (Å²) in [5.41, 5.74) is 5.42. The molecule has 7 rings (SSSR count). The largest absolute Gasteiger partial charge is 0.310 e. The number of para-hydroxylation sites is 2. The third-order valence-corrected chi connectivity index (χ3v) is 7.47. The van der Waals surface area contributed by atoms with E-state index in [0.717, 1.165) is 28.2 Å². The zero-order valence-electron chi connectivity index (χ0n) is 20.7. The minimum atomic E-state index is 0.706. The topological polar surface area (TPSA) is 3.24 Å². The highest BCUT2D eigenvalue weighted by Gasteiger charge is 2.15. The van der Waals surface area contributed by atoms with Gasteiger partial charge in [-0.25, -0.2) is 0 Å². The van der Waals surface area contributed by atoms with Crippen LogP contribution in [-0.2, 0) is 0 Å². The van der Waals surface area contributed by atoms with Gasteiger partial charge in [0, 0.05) is 22.1 Å². The van der Waals surface area contributed by atoms with Crippen molar-refractivity contribution in [3.05, 3.63) is 151 Å². The van der Waals surface area contributed by atoms with Crippen molar-refractivity contribution >= 4 is 61.0 Å². The van der Waals surface area contributed by atoms with Gasteiger partial charge >= 0.3 is 0 Å². The fraction of sp³-hybridized carbons (Fsp3) is 0. The molecule has 0 radical (unpaired) electrons. The summed E-state index contributed by atoms with van der Waals surface area (Å²) in [7, 11) is 0. The highest BCUT2D eigenvalue weighted by atomic mass is 35.5. The first kappa shape index (κ1) is 22.6. The van der Waals surface area contributed by atoms with E-state index in [1.807, 2.05) is 18.2 Å². The fourth-order valence-electron chi connectivity index (χ4n) is 5.56. The van der Waals surface area contributed by atoms with Crippen LogP contribution in [0.15, 0.2) is 146 Å². The van der Waals surface area contributed by atoms with Gasteiger partial charge in [0.05, 0.1) is 0 Å². The summed E-state index contributed by atoms with van der Waals surface area (Å²) in [6, 6.07) is 51.3. The van der Waals surface area contributed by atoms with E-state index in [2.05, 4.69) is 132 Å². The number of nitrogens with zero attached hydrogens (tertiary/aromatic N) is 1. The number of rotatable bonds is 4. The molecule has 0 atom stereocenters. The van der Waals surface area contributed by atoms with Gasteiger partial charge in [-0.15, -0.1) is 0 Å². The summed E-state index contributed by atoms with van der Waals surface area (Å²) in [5, 5.41) is 8.33. The predicted octanol–water partition coefficient (Wildman–Crippen LogP) is 10.9. The molecule has 7 aromatic carbocycles. The van der Waals surface area contributed by atoms with E-state index in [0.29, 0.717) is 5.02 Å². The molecule has 0 aliphatic heterocycles. The van der Waals surface area contributed by atoms with Gasteiger partial charge in [-0.05, 0) is 92.0 Å². The van der Waals surface area contributed by atoms with Crippen molar-refractivity contribution in [2.75, 3.05) is 4.90 Å². The van der Waals surface area contributed by atoms with Crippen LogP contribution >= 0.6 is 11.6 Å². The van der Waals surface area contributed by atoms with E-state index in [-0.39, 0.29) is 0 Å². The summed E-state index contributed by atoms with van der Waals surface area (Å²) < 4.78 is 0. The Morgan fingerprint density at radius 1 is 0.342 bits per heavy atom. The van der Waals surface area contributed by atoms with E-state index in [1.165, 1.54) is 32.3 Å². The number of benzene rings is 7. The molecule has 0 saturated carbocycles. The second kappa shape index (κ2) is 9.37. The van der Waals surface area contributed by atoms with Gasteiger partial charge in [-0.1, -0.05) is 109 Å². The summed E-state index contributed by atoms with van der Waals surface area (Å²) in [4.78, 5) is 2.25. The van der Waals surface area contributed by atoms with Gasteiger partial charge < -0.3 is 4.90 Å². The SMILES string of the molecule is Clc1cc(-c2ccc3c4ccccc4c4ccccc4c3c2)cc(N(c2ccccc2)c2ccccc2)c1. The molecule has 180 valence electrons. The Balaban J connectivity index is 1.44. The van der Waals surface area contributed by atoms with Gasteiger partial charge in [0.2, 0.25) is 0 Å². The molecule has 0 N–H and O–H groups in total. The molecule has 0 amide bonds. The summed E-state index contributed by atoms with van der Waals surface area (Å²) in [6.45, 7) is 0. The zero-order valence-corrected chi connectivity index (χ0v) is 21.4. The van der Waals surface area contributed by atoms with Crippen molar-refractivity contribution in [1.29, 1.82) is 0 Å². The maximum Gasteiger partial charge on any atom is 0.0482 e. The highest BCUT2D eigenvalue weighted by Crippen LogP contribution is 2.40. The first-order valence-corrected chi connectivity index (χ1v) is 13.2. The van der Waals surface area contributed by atoms with Crippen LogP contribution < -0.4 is 4.90 Å². The Labute approximate surface area is 227 Å². The van der Waals surface area contributed by atoms with Crippen molar-refractivity contribution in [2.24, 2.45) is 0 Å². The third-order valence-electron chi connectivity index (χ3n) is 7.25. The van der Waals surface area contributed by atoms with Gasteiger partial charge in [-0.3, -0.25) is 0 Å². The molecule has 0 aliphatic rings. The van der Waals surface area contributed by atoms with E-state index in [1.54, 1.807) is 0 Å². The number of halogens is 1. The minimum absolute atomic E-state index is 0.706. The Hall–Kier alpha value is -4.59. The quantitative estimate of drug-likeness (QED) is 0.215.